The fraction of sp³-hybridized carbons (Fsp3) is 0.462. The van der Waals surface area contributed by atoms with Gasteiger partial charge in [-0.25, -0.2) is 15.0 Å². The summed E-state index contributed by atoms with van der Waals surface area (Å²) in [4.78, 5) is 13.5. The van der Waals surface area contributed by atoms with Gasteiger partial charge in [-0.05, 0) is 41.8 Å². The molecule has 94 valence electrons. The molecule has 2 aromatic heterocycles. The second kappa shape index (κ2) is 4.80. The number of halogens is 1. The van der Waals surface area contributed by atoms with Crippen molar-refractivity contribution in [3.05, 3.63) is 40.4 Å². The van der Waals surface area contributed by atoms with Crippen LogP contribution in [0, 0.1) is 0 Å². The average molecular weight is 307 g/mol. The predicted octanol–water partition coefficient (Wildman–Crippen LogP) is 2.92. The predicted molar refractivity (Wildman–Crippen MR) is 72.4 cm³/mol. The van der Waals surface area contributed by atoms with Crippen molar-refractivity contribution in [2.75, 3.05) is 0 Å². The zero-order chi connectivity index (χ0) is 12.5. The van der Waals surface area contributed by atoms with Crippen molar-refractivity contribution in [3.63, 3.8) is 0 Å². The van der Waals surface area contributed by atoms with E-state index in [4.69, 9.17) is 0 Å². The zero-order valence-electron chi connectivity index (χ0n) is 10.3. The molecule has 2 heterocycles. The molecule has 1 aliphatic rings. The molecule has 1 aliphatic carbocycles. The summed E-state index contributed by atoms with van der Waals surface area (Å²) in [7, 11) is 0. The summed E-state index contributed by atoms with van der Waals surface area (Å²) in [6.07, 6.45) is 7.06. The van der Waals surface area contributed by atoms with Crippen LogP contribution in [0.2, 0.25) is 0 Å². The molecule has 0 N–H and O–H groups in total. The van der Waals surface area contributed by atoms with Crippen molar-refractivity contribution in [2.24, 2.45) is 0 Å². The van der Waals surface area contributed by atoms with Crippen LogP contribution in [0.3, 0.4) is 0 Å². The van der Waals surface area contributed by atoms with E-state index < -0.39 is 0 Å². The number of nitrogens with zero attached hydrogens (tertiary/aromatic N) is 4. The Labute approximate surface area is 115 Å². The van der Waals surface area contributed by atoms with Crippen molar-refractivity contribution in [3.8, 4) is 0 Å². The van der Waals surface area contributed by atoms with Crippen molar-refractivity contribution in [1.29, 1.82) is 0 Å². The van der Waals surface area contributed by atoms with E-state index in [9.17, 15) is 0 Å². The molecule has 0 bridgehead atoms. The van der Waals surface area contributed by atoms with Crippen LogP contribution in [0.25, 0.3) is 0 Å². The van der Waals surface area contributed by atoms with Gasteiger partial charge in [-0.15, -0.1) is 0 Å². The molecule has 18 heavy (non-hydrogen) atoms. The first-order valence-electron chi connectivity index (χ1n) is 6.29. The van der Waals surface area contributed by atoms with Crippen LogP contribution in [0.5, 0.6) is 0 Å². The van der Waals surface area contributed by atoms with Crippen LogP contribution in [0.15, 0.2) is 23.1 Å². The molecular weight excluding hydrogens is 292 g/mol. The second-order valence-electron chi connectivity index (χ2n) is 4.62. The highest BCUT2D eigenvalue weighted by Crippen LogP contribution is 2.38. The van der Waals surface area contributed by atoms with Gasteiger partial charge in [0.15, 0.2) is 0 Å². The minimum Gasteiger partial charge on any atom is -0.335 e. The molecule has 0 unspecified atom stereocenters. The zero-order valence-corrected chi connectivity index (χ0v) is 11.9. The van der Waals surface area contributed by atoms with E-state index in [0.717, 1.165) is 34.9 Å². The van der Waals surface area contributed by atoms with Gasteiger partial charge in [0.05, 0.1) is 5.69 Å². The van der Waals surface area contributed by atoms with Crippen molar-refractivity contribution >= 4 is 15.9 Å². The lowest BCUT2D eigenvalue weighted by Gasteiger charge is -2.06. The summed E-state index contributed by atoms with van der Waals surface area (Å²) >= 11 is 3.47. The number of aryl methyl sites for hydroxylation is 1. The maximum Gasteiger partial charge on any atom is 0.132 e. The molecule has 0 saturated heterocycles. The van der Waals surface area contributed by atoms with Crippen molar-refractivity contribution in [1.82, 2.24) is 19.5 Å². The van der Waals surface area contributed by atoms with Gasteiger partial charge in [0.1, 0.15) is 16.3 Å². The lowest BCUT2D eigenvalue weighted by Crippen LogP contribution is -2.05. The van der Waals surface area contributed by atoms with E-state index in [1.165, 1.54) is 12.8 Å². The SMILES string of the molecule is CCn1ccnc1Cc1cc(Br)nc(C2CC2)n1. The molecule has 2 aromatic rings. The molecule has 0 aliphatic heterocycles. The average Bonchev–Trinajstić information content (AvgIpc) is 3.10. The Hall–Kier alpha value is -1.23. The van der Waals surface area contributed by atoms with E-state index in [1.807, 2.05) is 18.5 Å². The van der Waals surface area contributed by atoms with Crippen LogP contribution in [-0.4, -0.2) is 19.5 Å². The fourth-order valence-corrected chi connectivity index (χ4v) is 2.50. The summed E-state index contributed by atoms with van der Waals surface area (Å²) in [5, 5.41) is 0. The lowest BCUT2D eigenvalue weighted by atomic mass is 10.2. The highest BCUT2D eigenvalue weighted by molar-refractivity contribution is 9.10. The maximum atomic E-state index is 4.65. The second-order valence-corrected chi connectivity index (χ2v) is 5.43. The molecular formula is C13H15BrN4. The maximum absolute atomic E-state index is 4.65. The molecule has 1 fully saturated rings. The smallest absolute Gasteiger partial charge is 0.132 e. The van der Waals surface area contributed by atoms with Gasteiger partial charge >= 0.3 is 0 Å². The van der Waals surface area contributed by atoms with E-state index in [1.54, 1.807) is 0 Å². The number of hydrogen-bond donors (Lipinski definition) is 0. The Balaban J connectivity index is 1.87. The summed E-state index contributed by atoms with van der Waals surface area (Å²) in [6, 6.07) is 1.99. The molecule has 0 atom stereocenters. The minimum absolute atomic E-state index is 0.576. The molecule has 5 heteroatoms. The van der Waals surface area contributed by atoms with Gasteiger partial charge in [0.2, 0.25) is 0 Å². The highest BCUT2D eigenvalue weighted by Gasteiger charge is 2.27. The quantitative estimate of drug-likeness (QED) is 0.816. The third-order valence-corrected chi connectivity index (χ3v) is 3.60. The summed E-state index contributed by atoms with van der Waals surface area (Å²) in [6.45, 7) is 3.06. The summed E-state index contributed by atoms with van der Waals surface area (Å²) in [5.41, 5.74) is 1.04. The molecule has 1 saturated carbocycles. The molecule has 3 rings (SSSR count). The lowest BCUT2D eigenvalue weighted by molar-refractivity contribution is 0.705. The molecule has 4 nitrogen and oxygen atoms in total. The van der Waals surface area contributed by atoms with Gasteiger partial charge in [0, 0.05) is 31.3 Å². The molecule has 0 radical (unpaired) electrons. The Kier molecular flexibility index (Phi) is 3.16. The van der Waals surface area contributed by atoms with E-state index >= 15 is 0 Å². The van der Waals surface area contributed by atoms with E-state index in [0.29, 0.717) is 5.92 Å². The van der Waals surface area contributed by atoms with Gasteiger partial charge in [-0.3, -0.25) is 0 Å². The van der Waals surface area contributed by atoms with Crippen LogP contribution < -0.4 is 0 Å². The fourth-order valence-electron chi connectivity index (χ4n) is 2.06. The van der Waals surface area contributed by atoms with Gasteiger partial charge in [0.25, 0.3) is 0 Å². The first-order chi connectivity index (χ1) is 8.76. The molecule has 0 amide bonds. The first kappa shape index (κ1) is 11.8. The van der Waals surface area contributed by atoms with Crippen molar-refractivity contribution < 1.29 is 0 Å². The van der Waals surface area contributed by atoms with Gasteiger partial charge < -0.3 is 4.57 Å². The number of aromatic nitrogens is 4. The van der Waals surface area contributed by atoms with Crippen LogP contribution >= 0.6 is 15.9 Å². The third kappa shape index (κ3) is 2.46. The molecule has 0 spiro atoms. The van der Waals surface area contributed by atoms with Crippen LogP contribution in [0.1, 0.15) is 43.0 Å². The third-order valence-electron chi connectivity index (χ3n) is 3.19. The molecule has 0 aromatic carbocycles. The Bertz CT molecular complexity index is 560. The number of rotatable bonds is 4. The highest BCUT2D eigenvalue weighted by atomic mass is 79.9. The van der Waals surface area contributed by atoms with Crippen LogP contribution in [0.4, 0.5) is 0 Å². The Morgan fingerprint density at radius 3 is 2.94 bits per heavy atom. The topological polar surface area (TPSA) is 43.6 Å². The van der Waals surface area contributed by atoms with Crippen LogP contribution in [-0.2, 0) is 13.0 Å². The Morgan fingerprint density at radius 2 is 2.22 bits per heavy atom. The normalized spacial score (nSPS) is 15.0. The van der Waals surface area contributed by atoms with E-state index in [-0.39, 0.29) is 0 Å². The largest absolute Gasteiger partial charge is 0.335 e. The first-order valence-corrected chi connectivity index (χ1v) is 7.09. The minimum atomic E-state index is 0.576. The standard InChI is InChI=1S/C13H15BrN4/c1-2-18-6-5-15-12(18)8-10-7-11(14)17-13(16-10)9-3-4-9/h5-7,9H,2-4,8H2,1H3. The van der Waals surface area contributed by atoms with Gasteiger partial charge in [-0.1, -0.05) is 0 Å². The summed E-state index contributed by atoms with van der Waals surface area (Å²) in [5.74, 6) is 2.62. The van der Waals surface area contributed by atoms with Gasteiger partial charge in [-0.2, -0.15) is 0 Å². The number of imidazole rings is 1. The summed E-state index contributed by atoms with van der Waals surface area (Å²) < 4.78 is 3.02. The van der Waals surface area contributed by atoms with Crippen molar-refractivity contribution in [2.45, 2.75) is 38.6 Å². The number of hydrogen-bond acceptors (Lipinski definition) is 3. The monoisotopic (exact) mass is 306 g/mol. The Morgan fingerprint density at radius 1 is 1.39 bits per heavy atom. The van der Waals surface area contributed by atoms with E-state index in [2.05, 4.69) is 42.4 Å².